The van der Waals surface area contributed by atoms with Crippen LogP contribution in [0.15, 0.2) is 43.0 Å². The van der Waals surface area contributed by atoms with Crippen LogP contribution >= 0.6 is 0 Å². The highest BCUT2D eigenvalue weighted by Crippen LogP contribution is 2.16. The van der Waals surface area contributed by atoms with Gasteiger partial charge in [0.1, 0.15) is 5.75 Å². The van der Waals surface area contributed by atoms with Gasteiger partial charge in [0.15, 0.2) is 0 Å². The van der Waals surface area contributed by atoms with Gasteiger partial charge in [-0.05, 0) is 44.5 Å². The molecule has 0 N–H and O–H groups in total. The molecule has 3 nitrogen and oxygen atoms in total. The Kier molecular flexibility index (Phi) is 6.57. The maximum absolute atomic E-state index is 12.0. The molecule has 1 aromatic carbocycles. The van der Waals surface area contributed by atoms with E-state index in [0.29, 0.717) is 13.1 Å². The number of likely N-dealkylation sites (N-methyl/N-ethyl adjacent to an activating group) is 1. The minimum atomic E-state index is -0.0115. The van der Waals surface area contributed by atoms with Gasteiger partial charge in [-0.2, -0.15) is 0 Å². The molecule has 0 radical (unpaired) electrons. The van der Waals surface area contributed by atoms with E-state index in [0.717, 1.165) is 11.3 Å². The van der Waals surface area contributed by atoms with Gasteiger partial charge in [0, 0.05) is 19.2 Å². The van der Waals surface area contributed by atoms with Crippen molar-refractivity contribution in [3.05, 3.63) is 48.6 Å². The molecule has 0 aliphatic heterocycles. The van der Waals surface area contributed by atoms with Crippen molar-refractivity contribution in [1.82, 2.24) is 4.90 Å². The van der Waals surface area contributed by atoms with Crippen molar-refractivity contribution in [3.63, 3.8) is 0 Å². The highest BCUT2D eigenvalue weighted by atomic mass is 16.5. The zero-order chi connectivity index (χ0) is 15.0. The van der Waals surface area contributed by atoms with Gasteiger partial charge in [0.05, 0.1) is 6.10 Å². The fraction of sp³-hybridized carbons (Fsp3) is 0.353. The Morgan fingerprint density at radius 3 is 2.80 bits per heavy atom. The van der Waals surface area contributed by atoms with Crippen molar-refractivity contribution >= 4 is 12.0 Å². The quantitative estimate of drug-likeness (QED) is 0.562. The molecule has 0 aliphatic carbocycles. The van der Waals surface area contributed by atoms with E-state index in [1.807, 2.05) is 45.0 Å². The van der Waals surface area contributed by atoms with Crippen molar-refractivity contribution in [2.24, 2.45) is 0 Å². The molecule has 1 aromatic rings. The first kappa shape index (κ1) is 16.0. The molecule has 0 aliphatic rings. The molecule has 3 heteroatoms. The summed E-state index contributed by atoms with van der Waals surface area (Å²) in [6.45, 7) is 10.8. The Morgan fingerprint density at radius 2 is 2.20 bits per heavy atom. The Balaban J connectivity index is 2.74. The van der Waals surface area contributed by atoms with Gasteiger partial charge in [-0.15, -0.1) is 6.58 Å². The Labute approximate surface area is 121 Å². The molecule has 0 spiro atoms. The zero-order valence-electron chi connectivity index (χ0n) is 12.5. The van der Waals surface area contributed by atoms with Crippen LogP contribution in [-0.2, 0) is 4.79 Å². The van der Waals surface area contributed by atoms with Gasteiger partial charge < -0.3 is 9.64 Å². The number of hydrogen-bond acceptors (Lipinski definition) is 2. The molecule has 0 heterocycles. The molecular formula is C17H23NO2. The molecule has 0 aromatic heterocycles. The summed E-state index contributed by atoms with van der Waals surface area (Å²) in [7, 11) is 0. The lowest BCUT2D eigenvalue weighted by Crippen LogP contribution is -2.29. The van der Waals surface area contributed by atoms with E-state index >= 15 is 0 Å². The van der Waals surface area contributed by atoms with Crippen molar-refractivity contribution in [2.45, 2.75) is 26.9 Å². The fourth-order valence-electron chi connectivity index (χ4n) is 1.77. The van der Waals surface area contributed by atoms with E-state index in [1.54, 1.807) is 23.1 Å². The van der Waals surface area contributed by atoms with Crippen molar-refractivity contribution in [2.75, 3.05) is 13.1 Å². The van der Waals surface area contributed by atoms with E-state index in [1.165, 1.54) is 0 Å². The molecule has 0 bridgehead atoms. The SMILES string of the molecule is C=CCN(CC)C(=O)/C=C/c1cccc(OC(C)C)c1. The van der Waals surface area contributed by atoms with E-state index in [4.69, 9.17) is 4.74 Å². The summed E-state index contributed by atoms with van der Waals surface area (Å²) in [6, 6.07) is 7.70. The molecule has 0 atom stereocenters. The van der Waals surface area contributed by atoms with Gasteiger partial charge in [-0.3, -0.25) is 4.79 Å². The number of carbonyl (C=O) groups is 1. The molecule has 108 valence electrons. The molecule has 20 heavy (non-hydrogen) atoms. The third-order valence-electron chi connectivity index (χ3n) is 2.69. The van der Waals surface area contributed by atoms with Crippen LogP contribution < -0.4 is 4.74 Å². The van der Waals surface area contributed by atoms with Crippen LogP contribution in [0.5, 0.6) is 5.75 Å². The standard InChI is InChI=1S/C17H23NO2/c1-5-12-18(6-2)17(19)11-10-15-8-7-9-16(13-15)20-14(3)4/h5,7-11,13-14H,1,6,12H2,2-4H3/b11-10+. The number of rotatable bonds is 7. The predicted molar refractivity (Wildman–Crippen MR) is 83.7 cm³/mol. The lowest BCUT2D eigenvalue weighted by Gasteiger charge is -2.16. The molecule has 0 saturated carbocycles. The average molecular weight is 273 g/mol. The van der Waals surface area contributed by atoms with Gasteiger partial charge >= 0.3 is 0 Å². The van der Waals surface area contributed by atoms with Crippen molar-refractivity contribution < 1.29 is 9.53 Å². The highest BCUT2D eigenvalue weighted by molar-refractivity contribution is 5.91. The Morgan fingerprint density at radius 1 is 1.45 bits per heavy atom. The molecule has 0 fully saturated rings. The first-order chi connectivity index (χ1) is 9.56. The smallest absolute Gasteiger partial charge is 0.246 e. The number of nitrogens with zero attached hydrogens (tertiary/aromatic N) is 1. The van der Waals surface area contributed by atoms with Crippen LogP contribution in [0.3, 0.4) is 0 Å². The first-order valence-electron chi connectivity index (χ1n) is 6.91. The van der Waals surface area contributed by atoms with Gasteiger partial charge in [-0.1, -0.05) is 18.2 Å². The summed E-state index contributed by atoms with van der Waals surface area (Å²) in [5.41, 5.74) is 0.950. The number of amides is 1. The van der Waals surface area contributed by atoms with E-state index in [9.17, 15) is 4.79 Å². The topological polar surface area (TPSA) is 29.5 Å². The van der Waals surface area contributed by atoms with Gasteiger partial charge in [0.25, 0.3) is 0 Å². The molecule has 0 saturated heterocycles. The van der Waals surface area contributed by atoms with Crippen LogP contribution in [0.1, 0.15) is 26.3 Å². The highest BCUT2D eigenvalue weighted by Gasteiger charge is 2.05. The second kappa shape index (κ2) is 8.20. The molecule has 1 amide bonds. The average Bonchev–Trinajstić information content (AvgIpc) is 2.42. The van der Waals surface area contributed by atoms with Crippen molar-refractivity contribution in [3.8, 4) is 5.75 Å². The normalized spacial score (nSPS) is 10.8. The summed E-state index contributed by atoms with van der Waals surface area (Å²) in [6.07, 6.45) is 5.26. The zero-order valence-corrected chi connectivity index (χ0v) is 12.5. The minimum Gasteiger partial charge on any atom is -0.491 e. The largest absolute Gasteiger partial charge is 0.491 e. The summed E-state index contributed by atoms with van der Waals surface area (Å²) in [4.78, 5) is 13.7. The lowest BCUT2D eigenvalue weighted by atomic mass is 10.2. The number of ether oxygens (including phenoxy) is 1. The van der Waals surface area contributed by atoms with Crippen LogP contribution in [-0.4, -0.2) is 30.0 Å². The van der Waals surface area contributed by atoms with Crippen LogP contribution in [0.2, 0.25) is 0 Å². The van der Waals surface area contributed by atoms with Gasteiger partial charge in [-0.25, -0.2) is 0 Å². The first-order valence-corrected chi connectivity index (χ1v) is 6.91. The Hall–Kier alpha value is -2.03. The fourth-order valence-corrected chi connectivity index (χ4v) is 1.77. The summed E-state index contributed by atoms with van der Waals surface area (Å²) in [5.74, 6) is 0.801. The summed E-state index contributed by atoms with van der Waals surface area (Å²) >= 11 is 0. The summed E-state index contributed by atoms with van der Waals surface area (Å²) in [5, 5.41) is 0. The lowest BCUT2D eigenvalue weighted by molar-refractivity contribution is -0.125. The molecule has 1 rings (SSSR count). The van der Waals surface area contributed by atoms with E-state index < -0.39 is 0 Å². The van der Waals surface area contributed by atoms with Crippen LogP contribution in [0.4, 0.5) is 0 Å². The van der Waals surface area contributed by atoms with Crippen LogP contribution in [0.25, 0.3) is 6.08 Å². The maximum atomic E-state index is 12.0. The number of carbonyl (C=O) groups excluding carboxylic acids is 1. The number of benzene rings is 1. The van der Waals surface area contributed by atoms with Gasteiger partial charge in [0.2, 0.25) is 5.91 Å². The summed E-state index contributed by atoms with van der Waals surface area (Å²) < 4.78 is 5.63. The van der Waals surface area contributed by atoms with E-state index in [-0.39, 0.29) is 12.0 Å². The van der Waals surface area contributed by atoms with Crippen molar-refractivity contribution in [1.29, 1.82) is 0 Å². The maximum Gasteiger partial charge on any atom is 0.246 e. The molecule has 0 unspecified atom stereocenters. The van der Waals surface area contributed by atoms with E-state index in [2.05, 4.69) is 6.58 Å². The second-order valence-electron chi connectivity index (χ2n) is 4.74. The Bertz CT molecular complexity index is 478. The second-order valence-corrected chi connectivity index (χ2v) is 4.74. The minimum absolute atomic E-state index is 0.0115. The molecular weight excluding hydrogens is 250 g/mol. The monoisotopic (exact) mass is 273 g/mol. The number of hydrogen-bond donors (Lipinski definition) is 0. The third-order valence-corrected chi connectivity index (χ3v) is 2.69. The predicted octanol–water partition coefficient (Wildman–Crippen LogP) is 3.52. The third kappa shape index (κ3) is 5.31. The van der Waals surface area contributed by atoms with Crippen LogP contribution in [0, 0.1) is 0 Å².